The fourth-order valence-corrected chi connectivity index (χ4v) is 7.12. The van der Waals surface area contributed by atoms with Crippen molar-refractivity contribution in [1.29, 1.82) is 0 Å². The number of aliphatic hydroxyl groups is 3. The molecular formula is C39H51N3O12. The minimum atomic E-state index is -2.04. The predicted molar refractivity (Wildman–Crippen MR) is 196 cm³/mol. The SMILES string of the molecule is CN/N=C/C1=C2NC(=O)/C(C)=C\C=C\[C@@H](C)[C@@H](O)[C@@H](C)[C@H](O)[C@@H](C)[C@H](OC(C)=O)[C@H](C)[C@@H](OC)/C=C/O[C@@]3(C)Oc4c(C)c(O)c(c(c4C3=O)C1O)C2=O. The largest absolute Gasteiger partial charge is 0.507 e. The molecule has 294 valence electrons. The average Bonchev–Trinajstić information content (AvgIpc) is 3.39. The second-order valence-electron chi connectivity index (χ2n) is 14.2. The highest BCUT2D eigenvalue weighted by Crippen LogP contribution is 2.51. The first-order valence-corrected chi connectivity index (χ1v) is 17.7. The number of Topliss-reactive ketones (excluding diaryl/α,β-unsaturated/α-hetero) is 2. The predicted octanol–water partition coefficient (Wildman–Crippen LogP) is 3.06. The lowest BCUT2D eigenvalue weighted by molar-refractivity contribution is -0.160. The number of fused-ring (bicyclic) bond motifs is 14. The van der Waals surface area contributed by atoms with E-state index in [1.165, 1.54) is 60.3 Å². The first-order chi connectivity index (χ1) is 25.3. The third-order valence-corrected chi connectivity index (χ3v) is 10.5. The van der Waals surface area contributed by atoms with Crippen LogP contribution in [0.15, 0.2) is 52.5 Å². The van der Waals surface area contributed by atoms with Crippen molar-refractivity contribution in [1.82, 2.24) is 10.7 Å². The Kier molecular flexibility index (Phi) is 12.9. The van der Waals surface area contributed by atoms with Gasteiger partial charge < -0.3 is 50.1 Å². The van der Waals surface area contributed by atoms with Crippen molar-refractivity contribution in [3.05, 3.63) is 69.7 Å². The number of nitrogens with zero attached hydrogens (tertiary/aromatic N) is 1. The maximum atomic E-state index is 14.2. The van der Waals surface area contributed by atoms with Gasteiger partial charge in [-0.1, -0.05) is 45.9 Å². The number of hydrazone groups is 1. The summed E-state index contributed by atoms with van der Waals surface area (Å²) >= 11 is 0. The maximum absolute atomic E-state index is 14.2. The summed E-state index contributed by atoms with van der Waals surface area (Å²) in [5, 5.41) is 52.3. The van der Waals surface area contributed by atoms with Crippen LogP contribution in [-0.2, 0) is 23.8 Å². The third kappa shape index (κ3) is 7.85. The Balaban J connectivity index is 1.91. The zero-order valence-electron chi connectivity index (χ0n) is 32.2. The van der Waals surface area contributed by atoms with E-state index < -0.39 is 94.7 Å². The van der Waals surface area contributed by atoms with Gasteiger partial charge in [0, 0.05) is 73.9 Å². The molecule has 10 atom stereocenters. The van der Waals surface area contributed by atoms with E-state index in [4.69, 9.17) is 18.9 Å². The third-order valence-electron chi connectivity index (χ3n) is 10.5. The van der Waals surface area contributed by atoms with Crippen LogP contribution >= 0.6 is 0 Å². The van der Waals surface area contributed by atoms with Crippen molar-refractivity contribution in [2.45, 2.75) is 91.7 Å². The fourth-order valence-electron chi connectivity index (χ4n) is 7.12. The van der Waals surface area contributed by atoms with Crippen LogP contribution in [0.2, 0.25) is 0 Å². The molecule has 1 aromatic rings. The number of aromatic hydroxyl groups is 1. The molecule has 0 saturated heterocycles. The lowest BCUT2D eigenvalue weighted by Gasteiger charge is -2.38. The Morgan fingerprint density at radius 1 is 1.02 bits per heavy atom. The molecule has 4 aliphatic rings. The summed E-state index contributed by atoms with van der Waals surface area (Å²) in [5.74, 6) is -8.19. The number of nitrogens with one attached hydrogen (secondary N) is 2. The van der Waals surface area contributed by atoms with E-state index in [1.54, 1.807) is 39.8 Å². The first kappa shape index (κ1) is 41.9. The first-order valence-electron chi connectivity index (χ1n) is 17.7. The Labute approximate surface area is 314 Å². The van der Waals surface area contributed by atoms with Gasteiger partial charge in [-0.2, -0.15) is 5.10 Å². The van der Waals surface area contributed by atoms with Gasteiger partial charge in [-0.3, -0.25) is 19.2 Å². The molecule has 0 radical (unpaired) electrons. The number of methoxy groups -OCH3 is 1. The van der Waals surface area contributed by atoms with E-state index in [2.05, 4.69) is 15.8 Å². The van der Waals surface area contributed by atoms with Gasteiger partial charge in [0.1, 0.15) is 23.7 Å². The normalized spacial score (nSPS) is 34.4. The molecule has 54 heavy (non-hydrogen) atoms. The number of allylic oxidation sites excluding steroid dienone is 3. The molecule has 15 heteroatoms. The van der Waals surface area contributed by atoms with Crippen LogP contribution in [0, 0.1) is 30.6 Å². The lowest BCUT2D eigenvalue weighted by Crippen LogP contribution is -2.46. The summed E-state index contributed by atoms with van der Waals surface area (Å²) in [6.45, 7) is 12.4. The van der Waals surface area contributed by atoms with E-state index in [-0.39, 0.29) is 39.3 Å². The number of rotatable bonds is 4. The average molecular weight is 754 g/mol. The second-order valence-corrected chi connectivity index (χ2v) is 14.2. The number of ether oxygens (including phenoxy) is 4. The molecule has 3 aliphatic heterocycles. The van der Waals surface area contributed by atoms with Gasteiger partial charge in [0.05, 0.1) is 47.6 Å². The highest BCUT2D eigenvalue weighted by Gasteiger charge is 2.52. The Hall–Kier alpha value is -4.83. The maximum Gasteiger partial charge on any atom is 0.312 e. The molecule has 6 N–H and O–H groups in total. The molecule has 3 heterocycles. The zero-order valence-corrected chi connectivity index (χ0v) is 32.2. The quantitative estimate of drug-likeness (QED) is 0.148. The van der Waals surface area contributed by atoms with Crippen LogP contribution in [-0.4, -0.2) is 94.4 Å². The van der Waals surface area contributed by atoms with Crippen LogP contribution in [0.1, 0.15) is 86.4 Å². The van der Waals surface area contributed by atoms with Gasteiger partial charge in [0.15, 0.2) is 0 Å². The Bertz CT molecular complexity index is 1830. The molecule has 0 spiro atoms. The van der Waals surface area contributed by atoms with E-state index in [0.717, 1.165) is 6.21 Å². The topological polar surface area (TPSA) is 223 Å². The molecular weight excluding hydrogens is 702 g/mol. The van der Waals surface area contributed by atoms with Crippen molar-refractivity contribution in [2.75, 3.05) is 14.2 Å². The molecule has 1 amide bonds. The van der Waals surface area contributed by atoms with Crippen molar-refractivity contribution < 1.29 is 58.6 Å². The summed E-state index contributed by atoms with van der Waals surface area (Å²) in [7, 11) is 2.90. The number of benzene rings is 1. The van der Waals surface area contributed by atoms with Gasteiger partial charge in [0.25, 0.3) is 11.7 Å². The lowest BCUT2D eigenvalue weighted by atomic mass is 9.78. The number of phenols is 1. The number of hydrogen-bond donors (Lipinski definition) is 6. The molecule has 1 aromatic carbocycles. The molecule has 5 rings (SSSR count). The van der Waals surface area contributed by atoms with Crippen LogP contribution in [0.25, 0.3) is 0 Å². The van der Waals surface area contributed by atoms with E-state index in [9.17, 15) is 39.6 Å². The van der Waals surface area contributed by atoms with Crippen molar-refractivity contribution in [3.63, 3.8) is 0 Å². The van der Waals surface area contributed by atoms with Crippen LogP contribution in [0.5, 0.6) is 11.5 Å². The molecule has 0 fully saturated rings. The zero-order chi connectivity index (χ0) is 40.4. The number of hydrogen-bond acceptors (Lipinski definition) is 14. The standard InChI is InChI=1S/C39H51N3O12/c1-17-12-11-13-18(2)38(50)42-29-24(16-41-40-9)33(47)26-27(34(29)48)32(46)22(6)36-28(26)37(49)39(8,54-36)52-15-14-25(51-10)19(3)35(53-23(7)43)21(5)31(45)20(4)30(17)44/h11-17,19-21,25,30-31,33,35,40,44-47H,1-10H3,(H,42,50)/b12-11+,15-14+,18-13-,41-16+/t17-,19-,20-,21-,25+,30-,31+,33?,35-,39+/m1/s1. The van der Waals surface area contributed by atoms with Gasteiger partial charge in [-0.15, -0.1) is 0 Å². The number of carbonyl (C=O) groups excluding carboxylic acids is 4. The minimum Gasteiger partial charge on any atom is -0.507 e. The number of ketones is 2. The van der Waals surface area contributed by atoms with Crippen molar-refractivity contribution in [3.8, 4) is 11.5 Å². The minimum absolute atomic E-state index is 0.0180. The molecule has 0 aromatic heterocycles. The van der Waals surface area contributed by atoms with Gasteiger partial charge in [-0.25, -0.2) is 0 Å². The van der Waals surface area contributed by atoms with Crippen molar-refractivity contribution >= 4 is 29.7 Å². The fraction of sp³-hybridized carbons (Fsp3) is 0.513. The number of amides is 1. The van der Waals surface area contributed by atoms with Gasteiger partial charge >= 0.3 is 11.8 Å². The molecule has 5 bridgehead atoms. The number of aliphatic hydroxyl groups excluding tert-OH is 3. The van der Waals surface area contributed by atoms with Crippen LogP contribution < -0.4 is 15.5 Å². The molecule has 1 unspecified atom stereocenters. The molecule has 0 saturated carbocycles. The molecule has 1 aliphatic carbocycles. The number of esters is 1. The summed E-state index contributed by atoms with van der Waals surface area (Å²) in [4.78, 5) is 54.1. The van der Waals surface area contributed by atoms with Gasteiger partial charge in [-0.05, 0) is 19.9 Å². The second kappa shape index (κ2) is 16.7. The van der Waals surface area contributed by atoms with Crippen LogP contribution in [0.4, 0.5) is 0 Å². The Morgan fingerprint density at radius 2 is 1.69 bits per heavy atom. The summed E-state index contributed by atoms with van der Waals surface area (Å²) in [5.41, 5.74) is 1.29. The van der Waals surface area contributed by atoms with Gasteiger partial charge in [0.2, 0.25) is 5.78 Å². The van der Waals surface area contributed by atoms with Crippen LogP contribution in [0.3, 0.4) is 0 Å². The highest BCUT2D eigenvalue weighted by atomic mass is 16.7. The van der Waals surface area contributed by atoms with E-state index in [0.29, 0.717) is 0 Å². The highest BCUT2D eigenvalue weighted by molar-refractivity contribution is 6.21. The molecule has 15 nitrogen and oxygen atoms in total. The Morgan fingerprint density at radius 3 is 2.30 bits per heavy atom. The summed E-state index contributed by atoms with van der Waals surface area (Å²) in [6.07, 6.45) is 2.81. The monoisotopic (exact) mass is 753 g/mol. The van der Waals surface area contributed by atoms with E-state index >= 15 is 0 Å². The van der Waals surface area contributed by atoms with Crippen molar-refractivity contribution in [2.24, 2.45) is 28.8 Å². The summed E-state index contributed by atoms with van der Waals surface area (Å²) in [6, 6.07) is 0. The van der Waals surface area contributed by atoms with E-state index in [1.807, 2.05) is 0 Å². The smallest absolute Gasteiger partial charge is 0.312 e. The number of carbonyl (C=O) groups is 4. The number of phenolic OH excluding ortho intramolecular Hbond substituents is 1. The summed E-state index contributed by atoms with van der Waals surface area (Å²) < 4.78 is 23.4.